The highest BCUT2D eigenvalue weighted by Crippen LogP contribution is 2.57. The summed E-state index contributed by atoms with van der Waals surface area (Å²) in [5, 5.41) is 1.08. The SMILES string of the molecule is COc1ccc(C)cc1C1(C)CC1CBr. The van der Waals surface area contributed by atoms with Crippen LogP contribution in [0.4, 0.5) is 0 Å². The van der Waals surface area contributed by atoms with Gasteiger partial charge < -0.3 is 4.74 Å². The second-order valence-corrected chi connectivity index (χ2v) is 5.32. The lowest BCUT2D eigenvalue weighted by molar-refractivity contribution is 0.404. The smallest absolute Gasteiger partial charge is 0.122 e. The number of methoxy groups -OCH3 is 1. The maximum absolute atomic E-state index is 5.44. The zero-order chi connectivity index (χ0) is 11.1. The fourth-order valence-electron chi connectivity index (χ4n) is 2.28. The molecule has 15 heavy (non-hydrogen) atoms. The molecule has 0 spiro atoms. The number of hydrogen-bond acceptors (Lipinski definition) is 1. The van der Waals surface area contributed by atoms with Gasteiger partial charge in [-0.05, 0) is 25.3 Å². The minimum atomic E-state index is 0.320. The molecule has 0 N–H and O–H groups in total. The van der Waals surface area contributed by atoms with Gasteiger partial charge in [-0.25, -0.2) is 0 Å². The Kier molecular flexibility index (Phi) is 2.80. The molecule has 0 radical (unpaired) electrons. The van der Waals surface area contributed by atoms with Crippen LogP contribution in [-0.4, -0.2) is 12.4 Å². The Bertz CT molecular complexity index is 375. The molecule has 1 aliphatic carbocycles. The van der Waals surface area contributed by atoms with Crippen LogP contribution >= 0.6 is 15.9 Å². The highest BCUT2D eigenvalue weighted by molar-refractivity contribution is 9.09. The molecule has 0 heterocycles. The number of rotatable bonds is 3. The third-order valence-corrected chi connectivity index (χ3v) is 4.35. The van der Waals surface area contributed by atoms with E-state index in [1.54, 1.807) is 7.11 Å². The quantitative estimate of drug-likeness (QED) is 0.761. The first kappa shape index (κ1) is 11.0. The largest absolute Gasteiger partial charge is 0.496 e. The highest BCUT2D eigenvalue weighted by Gasteiger charge is 2.51. The van der Waals surface area contributed by atoms with Crippen LogP contribution in [0.15, 0.2) is 18.2 Å². The van der Waals surface area contributed by atoms with Gasteiger partial charge in [-0.1, -0.05) is 40.5 Å². The monoisotopic (exact) mass is 268 g/mol. The van der Waals surface area contributed by atoms with Crippen LogP contribution < -0.4 is 4.74 Å². The molecule has 1 aromatic carbocycles. The van der Waals surface area contributed by atoms with E-state index in [1.807, 2.05) is 0 Å². The first-order valence-electron chi connectivity index (χ1n) is 5.33. The number of aryl methyl sites for hydroxylation is 1. The van der Waals surface area contributed by atoms with Gasteiger partial charge in [0.2, 0.25) is 0 Å². The Morgan fingerprint density at radius 2 is 2.27 bits per heavy atom. The maximum atomic E-state index is 5.44. The Labute approximate surface area is 100.0 Å². The Hall–Kier alpha value is -0.500. The Balaban J connectivity index is 2.39. The third kappa shape index (κ3) is 1.80. The van der Waals surface area contributed by atoms with E-state index in [0.29, 0.717) is 5.41 Å². The van der Waals surface area contributed by atoms with Crippen molar-refractivity contribution in [2.45, 2.75) is 25.7 Å². The number of hydrogen-bond donors (Lipinski definition) is 0. The van der Waals surface area contributed by atoms with Crippen LogP contribution in [0, 0.1) is 12.8 Å². The second kappa shape index (κ2) is 3.82. The topological polar surface area (TPSA) is 9.23 Å². The molecular weight excluding hydrogens is 252 g/mol. The lowest BCUT2D eigenvalue weighted by Gasteiger charge is -2.16. The summed E-state index contributed by atoms with van der Waals surface area (Å²) in [7, 11) is 1.75. The normalized spacial score (nSPS) is 28.9. The third-order valence-electron chi connectivity index (χ3n) is 3.57. The molecule has 0 aromatic heterocycles. The van der Waals surface area contributed by atoms with E-state index >= 15 is 0 Å². The van der Waals surface area contributed by atoms with Gasteiger partial charge in [-0.2, -0.15) is 0 Å². The van der Waals surface area contributed by atoms with Crippen molar-refractivity contribution in [3.05, 3.63) is 29.3 Å². The Morgan fingerprint density at radius 1 is 1.53 bits per heavy atom. The molecule has 1 aliphatic rings. The van der Waals surface area contributed by atoms with Crippen molar-refractivity contribution >= 4 is 15.9 Å². The van der Waals surface area contributed by atoms with Gasteiger partial charge in [0.1, 0.15) is 5.75 Å². The predicted molar refractivity (Wildman–Crippen MR) is 67.0 cm³/mol. The first-order valence-corrected chi connectivity index (χ1v) is 6.45. The summed E-state index contributed by atoms with van der Waals surface area (Å²) in [5.74, 6) is 1.79. The molecule has 2 heteroatoms. The molecular formula is C13H17BrO. The zero-order valence-electron chi connectivity index (χ0n) is 9.51. The fourth-order valence-corrected chi connectivity index (χ4v) is 3.22. The standard InChI is InChI=1S/C13H17BrO/c1-9-4-5-12(15-3)11(6-9)13(2)7-10(13)8-14/h4-6,10H,7-8H2,1-3H3. The average molecular weight is 269 g/mol. The molecule has 1 saturated carbocycles. The molecule has 82 valence electrons. The average Bonchev–Trinajstić information content (AvgIpc) is 2.91. The molecule has 2 rings (SSSR count). The molecule has 0 amide bonds. The molecule has 0 aliphatic heterocycles. The van der Waals surface area contributed by atoms with Gasteiger partial charge >= 0.3 is 0 Å². The molecule has 1 nitrogen and oxygen atoms in total. The second-order valence-electron chi connectivity index (χ2n) is 4.68. The van der Waals surface area contributed by atoms with E-state index in [9.17, 15) is 0 Å². The van der Waals surface area contributed by atoms with Crippen LogP contribution in [-0.2, 0) is 5.41 Å². The Morgan fingerprint density at radius 3 is 2.80 bits per heavy atom. The van der Waals surface area contributed by atoms with Gasteiger partial charge in [0.15, 0.2) is 0 Å². The van der Waals surface area contributed by atoms with Gasteiger partial charge in [0, 0.05) is 16.3 Å². The zero-order valence-corrected chi connectivity index (χ0v) is 11.1. The summed E-state index contributed by atoms with van der Waals surface area (Å²) in [6.07, 6.45) is 1.26. The number of benzene rings is 1. The molecule has 0 bridgehead atoms. The number of halogens is 1. The van der Waals surface area contributed by atoms with Gasteiger partial charge in [0.25, 0.3) is 0 Å². The summed E-state index contributed by atoms with van der Waals surface area (Å²) in [6.45, 7) is 4.47. The summed E-state index contributed by atoms with van der Waals surface area (Å²) in [4.78, 5) is 0. The lowest BCUT2D eigenvalue weighted by Crippen LogP contribution is -2.07. The lowest BCUT2D eigenvalue weighted by atomic mass is 9.93. The van der Waals surface area contributed by atoms with E-state index in [-0.39, 0.29) is 0 Å². The van der Waals surface area contributed by atoms with Crippen molar-refractivity contribution in [3.63, 3.8) is 0 Å². The molecule has 0 saturated heterocycles. The molecule has 2 unspecified atom stereocenters. The number of alkyl halides is 1. The summed E-state index contributed by atoms with van der Waals surface area (Å²) in [6, 6.07) is 6.46. The highest BCUT2D eigenvalue weighted by atomic mass is 79.9. The van der Waals surface area contributed by atoms with E-state index in [4.69, 9.17) is 4.74 Å². The summed E-state index contributed by atoms with van der Waals surface area (Å²) >= 11 is 3.57. The minimum absolute atomic E-state index is 0.320. The molecule has 2 atom stereocenters. The summed E-state index contributed by atoms with van der Waals surface area (Å²) < 4.78 is 5.44. The number of ether oxygens (including phenoxy) is 1. The van der Waals surface area contributed by atoms with Gasteiger partial charge in [0.05, 0.1) is 7.11 Å². The van der Waals surface area contributed by atoms with Crippen molar-refractivity contribution in [2.75, 3.05) is 12.4 Å². The van der Waals surface area contributed by atoms with Crippen molar-refractivity contribution in [2.24, 2.45) is 5.92 Å². The maximum Gasteiger partial charge on any atom is 0.122 e. The van der Waals surface area contributed by atoms with Gasteiger partial charge in [-0.15, -0.1) is 0 Å². The van der Waals surface area contributed by atoms with Crippen LogP contribution in [0.2, 0.25) is 0 Å². The van der Waals surface area contributed by atoms with Crippen molar-refractivity contribution in [3.8, 4) is 5.75 Å². The van der Waals surface area contributed by atoms with E-state index < -0.39 is 0 Å². The van der Waals surface area contributed by atoms with Gasteiger partial charge in [-0.3, -0.25) is 0 Å². The van der Waals surface area contributed by atoms with E-state index in [0.717, 1.165) is 17.0 Å². The fraction of sp³-hybridized carbons (Fsp3) is 0.538. The molecule has 1 fully saturated rings. The van der Waals surface area contributed by atoms with Crippen LogP contribution in [0.25, 0.3) is 0 Å². The van der Waals surface area contributed by atoms with Crippen LogP contribution in [0.3, 0.4) is 0 Å². The predicted octanol–water partition coefficient (Wildman–Crippen LogP) is 3.68. The van der Waals surface area contributed by atoms with E-state index in [2.05, 4.69) is 48.0 Å². The van der Waals surface area contributed by atoms with Crippen LogP contribution in [0.1, 0.15) is 24.5 Å². The van der Waals surface area contributed by atoms with E-state index in [1.165, 1.54) is 17.5 Å². The van der Waals surface area contributed by atoms with Crippen molar-refractivity contribution in [1.82, 2.24) is 0 Å². The first-order chi connectivity index (χ1) is 7.11. The summed E-state index contributed by atoms with van der Waals surface area (Å²) in [5.41, 5.74) is 3.00. The molecule has 1 aromatic rings. The van der Waals surface area contributed by atoms with Crippen molar-refractivity contribution in [1.29, 1.82) is 0 Å². The van der Waals surface area contributed by atoms with Crippen LogP contribution in [0.5, 0.6) is 5.75 Å². The minimum Gasteiger partial charge on any atom is -0.496 e. The van der Waals surface area contributed by atoms with Crippen molar-refractivity contribution < 1.29 is 4.74 Å².